The van der Waals surface area contributed by atoms with Crippen LogP contribution in [0, 0.1) is 29.1 Å². The summed E-state index contributed by atoms with van der Waals surface area (Å²) in [6, 6.07) is 0. The Morgan fingerprint density at radius 2 is 1.01 bits per heavy atom. The van der Waals surface area contributed by atoms with Gasteiger partial charge in [-0.15, -0.1) is 0 Å². The Balaban J connectivity index is 0.000000506. The molecule has 10 aliphatic rings. The molecule has 13 atom stereocenters. The fraction of sp³-hybridized carbons (Fsp3) is 1.00. The molecule has 0 spiro atoms. The predicted octanol–water partition coefficient (Wildman–Crippen LogP) is 11.7. The summed E-state index contributed by atoms with van der Waals surface area (Å²) >= 11 is 0. The Bertz CT molecular complexity index is 1530. The van der Waals surface area contributed by atoms with Crippen LogP contribution in [0.1, 0.15) is 172 Å². The van der Waals surface area contributed by atoms with Crippen molar-refractivity contribution in [1.29, 1.82) is 0 Å². The van der Waals surface area contributed by atoms with Crippen LogP contribution in [0.25, 0.3) is 0 Å². The first-order valence-electron chi connectivity index (χ1n) is 34.5. The maximum absolute atomic E-state index is 5.66. The summed E-state index contributed by atoms with van der Waals surface area (Å²) in [7, 11) is 17.3. The van der Waals surface area contributed by atoms with E-state index in [4.69, 9.17) is 94.7 Å². The molecule has 20 heteroatoms. The van der Waals surface area contributed by atoms with Crippen LogP contribution in [0.3, 0.4) is 0 Å². The van der Waals surface area contributed by atoms with Gasteiger partial charge in [0.25, 0.3) is 0 Å². The monoisotopic (exact) mass is 1320 g/mol. The van der Waals surface area contributed by atoms with Crippen LogP contribution in [0.4, 0.5) is 0 Å². The van der Waals surface area contributed by atoms with Gasteiger partial charge in [0.1, 0.15) is 0 Å². The van der Waals surface area contributed by atoms with E-state index in [-0.39, 0.29) is 28.5 Å². The lowest BCUT2D eigenvalue weighted by atomic mass is 9.91. The van der Waals surface area contributed by atoms with E-state index >= 15 is 0 Å². The van der Waals surface area contributed by atoms with Crippen LogP contribution in [0.2, 0.25) is 0 Å². The fourth-order valence-electron chi connectivity index (χ4n) is 12.1. The topological polar surface area (TPSA) is 185 Å². The summed E-state index contributed by atoms with van der Waals surface area (Å²) in [6.45, 7) is 39.6. The first-order valence-corrected chi connectivity index (χ1v) is 34.5. The van der Waals surface area contributed by atoms with Gasteiger partial charge in [-0.3, -0.25) is 0 Å². The van der Waals surface area contributed by atoms with Gasteiger partial charge in [0.15, 0.2) is 0 Å². The van der Waals surface area contributed by atoms with E-state index in [2.05, 4.69) is 76.2 Å². The maximum atomic E-state index is 5.66. The van der Waals surface area contributed by atoms with Gasteiger partial charge in [0.2, 0.25) is 0 Å². The van der Waals surface area contributed by atoms with Crippen LogP contribution in [0.15, 0.2) is 0 Å². The average molecular weight is 1320 g/mol. The van der Waals surface area contributed by atoms with Crippen LogP contribution < -0.4 is 0 Å². The van der Waals surface area contributed by atoms with Gasteiger partial charge in [0, 0.05) is 147 Å². The van der Waals surface area contributed by atoms with Gasteiger partial charge in [-0.25, -0.2) is 0 Å². The summed E-state index contributed by atoms with van der Waals surface area (Å²) in [5, 5.41) is 0. The highest BCUT2D eigenvalue weighted by Crippen LogP contribution is 2.33. The number of hydrogen-bond donors (Lipinski definition) is 0. The molecule has 0 aromatic heterocycles. The van der Waals surface area contributed by atoms with Crippen molar-refractivity contribution < 1.29 is 94.7 Å². The molecule has 10 rings (SSSR count). The van der Waals surface area contributed by atoms with Gasteiger partial charge in [-0.1, -0.05) is 13.8 Å². The molecular weight excluding hydrogens is 1170 g/mol. The number of rotatable bonds is 20. The second kappa shape index (κ2) is 51.4. The molecule has 0 bridgehead atoms. The highest BCUT2D eigenvalue weighted by Gasteiger charge is 2.36. The number of ether oxygens (including phenoxy) is 20. The van der Waals surface area contributed by atoms with Gasteiger partial charge >= 0.3 is 0 Å². The van der Waals surface area contributed by atoms with E-state index in [0.717, 1.165) is 189 Å². The van der Waals surface area contributed by atoms with E-state index in [1.807, 2.05) is 0 Å². The van der Waals surface area contributed by atoms with Crippen molar-refractivity contribution in [3.05, 3.63) is 0 Å². The SMILES string of the molecule is COC(C)C1CCCO1.COC(C)C1CCOC1.COCC1(C)CCCO1.COCC1(C)CCOC1.COCC1CC(C)CO1.COCC1CCC(C)(C)O1.COCC1CCCO1.COCC1CCCO1.COCC1CCOC1(C)C.COCC1COC(C)(C)C1. The van der Waals surface area contributed by atoms with Crippen LogP contribution in [0.5, 0.6) is 0 Å². The van der Waals surface area contributed by atoms with Crippen LogP contribution >= 0.6 is 0 Å². The zero-order valence-corrected chi connectivity index (χ0v) is 62.1. The van der Waals surface area contributed by atoms with Gasteiger partial charge in [-0.05, 0) is 165 Å². The minimum Gasteiger partial charge on any atom is -0.384 e. The molecule has 0 aliphatic carbocycles. The number of hydrogen-bond acceptors (Lipinski definition) is 20. The summed E-state index contributed by atoms with van der Waals surface area (Å²) in [5.41, 5.74) is 0.534. The van der Waals surface area contributed by atoms with Gasteiger partial charge in [-0.2, -0.15) is 0 Å². The normalized spacial score (nSPS) is 31.8. The van der Waals surface area contributed by atoms with Crippen molar-refractivity contribution in [3.8, 4) is 0 Å². The molecule has 0 aromatic carbocycles. The van der Waals surface area contributed by atoms with Crippen molar-refractivity contribution in [2.24, 2.45) is 29.1 Å². The molecular formula is C71H142O20. The van der Waals surface area contributed by atoms with Crippen molar-refractivity contribution in [1.82, 2.24) is 0 Å². The lowest BCUT2D eigenvalue weighted by molar-refractivity contribution is -0.0449. The molecule has 10 saturated heterocycles. The van der Waals surface area contributed by atoms with E-state index in [9.17, 15) is 0 Å². The first-order chi connectivity index (χ1) is 43.4. The zero-order chi connectivity index (χ0) is 68.0. The largest absolute Gasteiger partial charge is 0.384 e. The van der Waals surface area contributed by atoms with E-state index in [1.54, 1.807) is 71.1 Å². The van der Waals surface area contributed by atoms with Gasteiger partial charge < -0.3 is 94.7 Å². The molecule has 10 fully saturated rings. The number of methoxy groups -OCH3 is 10. The standard InChI is InChI=1S/3C8H16O2.5C7H14O2.2C6H12O2/c1-8(2)4-7(5-9-3)6-10-8;1-8(2)7(6-9-3)4-5-10-8;1-8(2)5-4-7(10-8)6-9-3;1-6-3-7(5-8-2)9-4-6;1-7(5-8-2)3-4-9-6-7;1-6(8-2)7-3-4-9-5-7;1-7(6-8-2)4-3-5-9-7;1-6(8-2)7-4-3-5-9-7;2*1-7-5-6-3-2-4-8-6/h3*7H,4-6H2,1-3H3;6-7H,3-5H2,1-2H3;3-6H2,1-2H3;6-7H,3-5H2,1-2H3;3-6H2,1-2H3;6-7H,3-5H2,1-2H3;2*6H,2-5H2,1H3. The average Bonchev–Trinajstić information content (AvgIpc) is 4.03. The van der Waals surface area contributed by atoms with Crippen molar-refractivity contribution in [2.75, 3.05) is 197 Å². The molecule has 13 unspecified atom stereocenters. The molecule has 0 saturated carbocycles. The van der Waals surface area contributed by atoms with Crippen LogP contribution in [-0.4, -0.2) is 262 Å². The summed E-state index contributed by atoms with van der Waals surface area (Å²) in [6.07, 6.45) is 19.9. The Kier molecular flexibility index (Phi) is 49.8. The third-order valence-corrected chi connectivity index (χ3v) is 17.9. The maximum Gasteiger partial charge on any atom is 0.0887 e. The molecule has 0 aromatic rings. The Hall–Kier alpha value is -0.800. The Morgan fingerprint density at radius 3 is 1.41 bits per heavy atom. The van der Waals surface area contributed by atoms with E-state index < -0.39 is 0 Å². The molecule has 0 radical (unpaired) electrons. The van der Waals surface area contributed by atoms with Crippen molar-refractivity contribution in [2.45, 2.75) is 238 Å². The first kappa shape index (κ1) is 88.2. The second-order valence-electron chi connectivity index (χ2n) is 28.4. The smallest absolute Gasteiger partial charge is 0.0887 e. The summed E-state index contributed by atoms with van der Waals surface area (Å²) in [5.74, 6) is 2.55. The predicted molar refractivity (Wildman–Crippen MR) is 359 cm³/mol. The molecule has 10 aliphatic heterocycles. The van der Waals surface area contributed by atoms with Crippen LogP contribution in [-0.2, 0) is 94.7 Å². The third kappa shape index (κ3) is 41.9. The highest BCUT2D eigenvalue weighted by atomic mass is 16.6. The molecule has 0 amide bonds. The zero-order valence-electron chi connectivity index (χ0n) is 62.1. The molecule has 10 heterocycles. The summed E-state index contributed by atoms with van der Waals surface area (Å²) in [4.78, 5) is 0. The van der Waals surface area contributed by atoms with Gasteiger partial charge in [0.05, 0.1) is 138 Å². The van der Waals surface area contributed by atoms with Crippen molar-refractivity contribution in [3.63, 3.8) is 0 Å². The van der Waals surface area contributed by atoms with E-state index in [1.165, 1.54) is 38.5 Å². The van der Waals surface area contributed by atoms with E-state index in [0.29, 0.717) is 59.8 Å². The highest BCUT2D eigenvalue weighted by molar-refractivity contribution is 4.85. The second-order valence-corrected chi connectivity index (χ2v) is 28.4. The molecule has 0 N–H and O–H groups in total. The third-order valence-electron chi connectivity index (χ3n) is 17.9. The molecule has 20 nitrogen and oxygen atoms in total. The lowest BCUT2D eigenvalue weighted by Crippen LogP contribution is -2.30. The Morgan fingerprint density at radius 1 is 0.429 bits per heavy atom. The lowest BCUT2D eigenvalue weighted by Gasteiger charge is -2.24. The molecule has 546 valence electrons. The summed E-state index contributed by atoms with van der Waals surface area (Å²) < 4.78 is 104. The minimum absolute atomic E-state index is 0.0226. The fourth-order valence-corrected chi connectivity index (χ4v) is 12.1. The molecule has 91 heavy (non-hydrogen) atoms. The van der Waals surface area contributed by atoms with Crippen molar-refractivity contribution >= 4 is 0 Å². The minimum atomic E-state index is 0.0226. The quantitative estimate of drug-likeness (QED) is 0.112. The Labute approximate surface area is 556 Å².